The van der Waals surface area contributed by atoms with E-state index in [-0.39, 0.29) is 18.0 Å². The monoisotopic (exact) mass is 418 g/mol. The molecule has 0 fully saturated rings. The molecular weight excluding hydrogens is 396 g/mol. The van der Waals surface area contributed by atoms with E-state index in [9.17, 15) is 9.59 Å². The highest BCUT2D eigenvalue weighted by molar-refractivity contribution is 6.05. The van der Waals surface area contributed by atoms with Crippen LogP contribution in [0.1, 0.15) is 11.1 Å². The van der Waals surface area contributed by atoms with Gasteiger partial charge in [-0.1, -0.05) is 24.3 Å². The van der Waals surface area contributed by atoms with Gasteiger partial charge in [0, 0.05) is 24.5 Å². The van der Waals surface area contributed by atoms with Crippen molar-refractivity contribution in [2.45, 2.75) is 19.5 Å². The van der Waals surface area contributed by atoms with Crippen LogP contribution in [0.3, 0.4) is 0 Å². The van der Waals surface area contributed by atoms with Gasteiger partial charge in [0.1, 0.15) is 17.6 Å². The van der Waals surface area contributed by atoms with Crippen LogP contribution in [0.5, 0.6) is 11.5 Å². The number of amides is 1. The van der Waals surface area contributed by atoms with E-state index in [1.807, 2.05) is 18.2 Å². The lowest BCUT2D eigenvalue weighted by Crippen LogP contribution is -2.39. The van der Waals surface area contributed by atoms with Gasteiger partial charge >= 0.3 is 0 Å². The van der Waals surface area contributed by atoms with Crippen LogP contribution in [0.15, 0.2) is 47.5 Å². The summed E-state index contributed by atoms with van der Waals surface area (Å²) in [6.07, 6.45) is 2.25. The van der Waals surface area contributed by atoms with E-state index in [4.69, 9.17) is 9.47 Å². The lowest BCUT2D eigenvalue weighted by Gasteiger charge is -2.29. The smallest absolute Gasteiger partial charge is 0.278 e. The van der Waals surface area contributed by atoms with Crippen molar-refractivity contribution in [2.24, 2.45) is 0 Å². The molecule has 0 bridgehead atoms. The molecule has 0 atom stereocenters. The van der Waals surface area contributed by atoms with Crippen LogP contribution in [0.4, 0.5) is 0 Å². The zero-order chi connectivity index (χ0) is 21.5. The number of hydrogen-bond donors (Lipinski definition) is 1. The Bertz CT molecular complexity index is 1370. The number of benzene rings is 2. The minimum Gasteiger partial charge on any atom is -0.493 e. The molecule has 158 valence electrons. The molecule has 2 aromatic heterocycles. The zero-order valence-corrected chi connectivity index (χ0v) is 17.3. The van der Waals surface area contributed by atoms with Gasteiger partial charge in [0.15, 0.2) is 11.5 Å². The summed E-state index contributed by atoms with van der Waals surface area (Å²) >= 11 is 0. The van der Waals surface area contributed by atoms with Gasteiger partial charge in [-0.3, -0.25) is 14.2 Å². The third kappa shape index (κ3) is 3.20. The third-order valence-electron chi connectivity index (χ3n) is 5.87. The fourth-order valence-corrected chi connectivity index (χ4v) is 4.19. The average Bonchev–Trinajstić information content (AvgIpc) is 3.17. The number of fused-ring (bicyclic) bond motifs is 4. The van der Waals surface area contributed by atoms with E-state index in [1.54, 1.807) is 31.3 Å². The topological polar surface area (TPSA) is 89.5 Å². The maximum absolute atomic E-state index is 13.1. The SMILES string of the molecule is COc1cc2[nH]c3c(=O)n(CC(=O)N4CCc5ccccc5C4)cnc3c2cc1OC. The van der Waals surface area contributed by atoms with Crippen molar-refractivity contribution < 1.29 is 14.3 Å². The standard InChI is InChI=1S/C23H22N4O4/c1-30-18-9-16-17(10-19(18)31-2)25-22-21(16)24-13-27(23(22)29)12-20(28)26-8-7-14-5-3-4-6-15(14)11-26/h3-6,9-10,13,25H,7-8,11-12H2,1-2H3. The van der Waals surface area contributed by atoms with Gasteiger partial charge < -0.3 is 19.4 Å². The van der Waals surface area contributed by atoms with Gasteiger partial charge in [-0.15, -0.1) is 0 Å². The molecule has 2 aromatic carbocycles. The minimum absolute atomic E-state index is 0.0497. The Hall–Kier alpha value is -3.81. The Balaban J connectivity index is 1.47. The van der Waals surface area contributed by atoms with E-state index in [0.29, 0.717) is 41.1 Å². The number of nitrogens with zero attached hydrogens (tertiary/aromatic N) is 3. The molecule has 1 amide bonds. The van der Waals surface area contributed by atoms with E-state index < -0.39 is 0 Å². The van der Waals surface area contributed by atoms with Gasteiger partial charge in [-0.25, -0.2) is 4.98 Å². The van der Waals surface area contributed by atoms with Crippen LogP contribution in [-0.2, 0) is 24.3 Å². The fraction of sp³-hybridized carbons (Fsp3) is 0.261. The maximum atomic E-state index is 13.1. The molecule has 1 aliphatic heterocycles. The molecule has 8 heteroatoms. The maximum Gasteiger partial charge on any atom is 0.278 e. The molecule has 8 nitrogen and oxygen atoms in total. The predicted octanol–water partition coefficient (Wildman–Crippen LogP) is 2.48. The van der Waals surface area contributed by atoms with E-state index in [0.717, 1.165) is 17.4 Å². The van der Waals surface area contributed by atoms with E-state index in [2.05, 4.69) is 16.0 Å². The molecule has 0 unspecified atom stereocenters. The average molecular weight is 418 g/mol. The summed E-state index contributed by atoms with van der Waals surface area (Å²) in [5.74, 6) is 1.02. The van der Waals surface area contributed by atoms with Gasteiger partial charge in [0.05, 0.1) is 26.1 Å². The summed E-state index contributed by atoms with van der Waals surface area (Å²) in [7, 11) is 3.12. The zero-order valence-electron chi connectivity index (χ0n) is 17.3. The number of ether oxygens (including phenoxy) is 2. The van der Waals surface area contributed by atoms with Crippen molar-refractivity contribution in [3.05, 3.63) is 64.2 Å². The van der Waals surface area contributed by atoms with Gasteiger partial charge in [0.2, 0.25) is 5.91 Å². The Morgan fingerprint density at radius 3 is 2.65 bits per heavy atom. The van der Waals surface area contributed by atoms with Crippen LogP contribution in [0.2, 0.25) is 0 Å². The Morgan fingerprint density at radius 2 is 1.87 bits per heavy atom. The van der Waals surface area contributed by atoms with Crippen LogP contribution < -0.4 is 15.0 Å². The molecule has 1 N–H and O–H groups in total. The lowest BCUT2D eigenvalue weighted by molar-refractivity contribution is -0.132. The molecule has 0 radical (unpaired) electrons. The molecular formula is C23H22N4O4. The van der Waals surface area contributed by atoms with E-state index in [1.165, 1.54) is 16.5 Å². The number of hydrogen-bond acceptors (Lipinski definition) is 5. The summed E-state index contributed by atoms with van der Waals surface area (Å²) in [6.45, 7) is 1.16. The van der Waals surface area contributed by atoms with Crippen LogP contribution >= 0.6 is 0 Å². The lowest BCUT2D eigenvalue weighted by atomic mass is 10.00. The molecule has 0 saturated heterocycles. The summed E-state index contributed by atoms with van der Waals surface area (Å²) in [5, 5.41) is 0.760. The number of aromatic nitrogens is 3. The second-order valence-corrected chi connectivity index (χ2v) is 7.61. The van der Waals surface area contributed by atoms with Crippen LogP contribution in [0, 0.1) is 0 Å². The normalized spacial score (nSPS) is 13.4. The highest BCUT2D eigenvalue weighted by Crippen LogP contribution is 2.34. The molecule has 1 aliphatic rings. The largest absolute Gasteiger partial charge is 0.493 e. The quantitative estimate of drug-likeness (QED) is 0.550. The fourth-order valence-electron chi connectivity index (χ4n) is 4.19. The number of nitrogens with one attached hydrogen (secondary N) is 1. The van der Waals surface area contributed by atoms with Gasteiger partial charge in [0.25, 0.3) is 5.56 Å². The first-order chi connectivity index (χ1) is 15.1. The summed E-state index contributed by atoms with van der Waals surface area (Å²) < 4.78 is 12.1. The summed E-state index contributed by atoms with van der Waals surface area (Å²) in [6, 6.07) is 11.7. The highest BCUT2D eigenvalue weighted by atomic mass is 16.5. The van der Waals surface area contributed by atoms with Gasteiger partial charge in [-0.2, -0.15) is 0 Å². The molecule has 0 aliphatic carbocycles. The van der Waals surface area contributed by atoms with Crippen LogP contribution in [0.25, 0.3) is 21.9 Å². The van der Waals surface area contributed by atoms with Crippen molar-refractivity contribution in [3.63, 3.8) is 0 Å². The van der Waals surface area contributed by atoms with Crippen molar-refractivity contribution in [3.8, 4) is 11.5 Å². The van der Waals surface area contributed by atoms with Crippen molar-refractivity contribution in [2.75, 3.05) is 20.8 Å². The Labute approximate surface area is 178 Å². The predicted molar refractivity (Wildman–Crippen MR) is 117 cm³/mol. The first-order valence-electron chi connectivity index (χ1n) is 10.1. The number of carbonyl (C=O) groups is 1. The second kappa shape index (κ2) is 7.46. The molecule has 4 aromatic rings. The van der Waals surface area contributed by atoms with Gasteiger partial charge in [-0.05, 0) is 23.6 Å². The second-order valence-electron chi connectivity index (χ2n) is 7.61. The summed E-state index contributed by atoms with van der Waals surface area (Å²) in [4.78, 5) is 35.4. The highest BCUT2D eigenvalue weighted by Gasteiger charge is 2.22. The summed E-state index contributed by atoms with van der Waals surface area (Å²) in [5.41, 5.74) is 3.75. The first-order valence-corrected chi connectivity index (χ1v) is 10.1. The van der Waals surface area contributed by atoms with Crippen molar-refractivity contribution in [1.82, 2.24) is 19.4 Å². The molecule has 0 spiro atoms. The van der Waals surface area contributed by atoms with Crippen molar-refractivity contribution >= 4 is 27.8 Å². The molecule has 31 heavy (non-hydrogen) atoms. The molecule has 0 saturated carbocycles. The Morgan fingerprint density at radius 1 is 1.13 bits per heavy atom. The number of H-pyrrole nitrogens is 1. The molecule has 5 rings (SSSR count). The Kier molecular flexibility index (Phi) is 4.62. The first kappa shape index (κ1) is 19.2. The number of carbonyl (C=O) groups excluding carboxylic acids is 1. The number of rotatable bonds is 4. The third-order valence-corrected chi connectivity index (χ3v) is 5.87. The van der Waals surface area contributed by atoms with Crippen molar-refractivity contribution in [1.29, 1.82) is 0 Å². The molecule has 3 heterocycles. The minimum atomic E-state index is -0.287. The van der Waals surface area contributed by atoms with E-state index >= 15 is 0 Å². The number of methoxy groups -OCH3 is 2. The van der Waals surface area contributed by atoms with Crippen LogP contribution in [-0.4, -0.2) is 46.1 Å². The number of aromatic amines is 1.